The van der Waals surface area contributed by atoms with Crippen molar-refractivity contribution in [2.24, 2.45) is 0 Å². The second-order valence-corrected chi connectivity index (χ2v) is 7.59. The van der Waals surface area contributed by atoms with Gasteiger partial charge in [0.05, 0.1) is 5.75 Å². The molecule has 0 fully saturated rings. The maximum atomic E-state index is 12.2. The Bertz CT molecular complexity index is 571. The van der Waals surface area contributed by atoms with Crippen LogP contribution < -0.4 is 0 Å². The van der Waals surface area contributed by atoms with E-state index in [1.54, 1.807) is 13.8 Å². The van der Waals surface area contributed by atoms with E-state index in [0.717, 1.165) is 14.3 Å². The van der Waals surface area contributed by atoms with Crippen molar-refractivity contribution in [3.05, 3.63) is 34.3 Å². The van der Waals surface area contributed by atoms with Crippen molar-refractivity contribution >= 4 is 31.9 Å². The monoisotopic (exact) mass is 363 g/mol. The Balaban J connectivity index is 2.83. The molecule has 0 atom stereocenters. The lowest BCUT2D eigenvalue weighted by Gasteiger charge is -2.24. The molecule has 5 nitrogen and oxygen atoms in total. The summed E-state index contributed by atoms with van der Waals surface area (Å²) in [6.07, 6.45) is 0.340. The predicted molar refractivity (Wildman–Crippen MR) is 81.1 cm³/mol. The van der Waals surface area contributed by atoms with Crippen LogP contribution in [0.4, 0.5) is 0 Å². The van der Waals surface area contributed by atoms with Gasteiger partial charge in [-0.3, -0.25) is 4.79 Å². The topological polar surface area (TPSA) is 74.7 Å². The third-order valence-electron chi connectivity index (χ3n) is 2.81. The van der Waals surface area contributed by atoms with Crippen LogP contribution in [-0.4, -0.2) is 42.1 Å². The van der Waals surface area contributed by atoms with Gasteiger partial charge in [-0.2, -0.15) is 4.31 Å². The molecule has 0 aliphatic heterocycles. The van der Waals surface area contributed by atoms with Crippen molar-refractivity contribution in [1.82, 2.24) is 4.31 Å². The van der Waals surface area contributed by atoms with E-state index >= 15 is 0 Å². The minimum Gasteiger partial charge on any atom is -0.480 e. The first-order valence-electron chi connectivity index (χ1n) is 6.18. The summed E-state index contributed by atoms with van der Waals surface area (Å²) < 4.78 is 26.4. The number of sulfonamides is 1. The molecular formula is C13H18BrNO4S. The molecule has 0 saturated heterocycles. The molecule has 0 aromatic heterocycles. The first kappa shape index (κ1) is 17.1. The highest BCUT2D eigenvalue weighted by atomic mass is 79.9. The summed E-state index contributed by atoms with van der Waals surface area (Å²) in [5.74, 6) is -1.26. The molecule has 20 heavy (non-hydrogen) atoms. The van der Waals surface area contributed by atoms with E-state index in [2.05, 4.69) is 15.9 Å². The molecule has 0 radical (unpaired) electrons. The van der Waals surface area contributed by atoms with Gasteiger partial charge in [0.2, 0.25) is 10.0 Å². The van der Waals surface area contributed by atoms with Crippen LogP contribution in [-0.2, 0) is 21.2 Å². The first-order chi connectivity index (χ1) is 9.24. The number of hydrogen-bond donors (Lipinski definition) is 1. The van der Waals surface area contributed by atoms with Gasteiger partial charge in [-0.25, -0.2) is 8.42 Å². The molecule has 0 unspecified atom stereocenters. The van der Waals surface area contributed by atoms with E-state index in [9.17, 15) is 13.2 Å². The largest absolute Gasteiger partial charge is 0.480 e. The van der Waals surface area contributed by atoms with Crippen LogP contribution >= 0.6 is 15.9 Å². The van der Waals surface area contributed by atoms with Crippen LogP contribution in [0, 0.1) is 0 Å². The van der Waals surface area contributed by atoms with Gasteiger partial charge >= 0.3 is 5.97 Å². The fourth-order valence-electron chi connectivity index (χ4n) is 1.79. The van der Waals surface area contributed by atoms with Crippen LogP contribution in [0.1, 0.15) is 19.4 Å². The Morgan fingerprint density at radius 3 is 2.45 bits per heavy atom. The molecule has 7 heteroatoms. The number of halogens is 1. The van der Waals surface area contributed by atoms with Crippen LogP contribution in [0.2, 0.25) is 0 Å². The van der Waals surface area contributed by atoms with Gasteiger partial charge in [0.1, 0.15) is 6.54 Å². The van der Waals surface area contributed by atoms with E-state index in [-0.39, 0.29) is 11.8 Å². The zero-order valence-electron chi connectivity index (χ0n) is 11.4. The lowest BCUT2D eigenvalue weighted by molar-refractivity contribution is -0.137. The van der Waals surface area contributed by atoms with Crippen molar-refractivity contribution in [2.75, 3.05) is 12.3 Å². The normalized spacial score (nSPS) is 12.1. The molecule has 0 aliphatic carbocycles. The van der Waals surface area contributed by atoms with Crippen LogP contribution in [0.25, 0.3) is 0 Å². The van der Waals surface area contributed by atoms with Crippen molar-refractivity contribution in [2.45, 2.75) is 26.3 Å². The Hall–Kier alpha value is -0.920. The number of carboxylic acids is 1. The Morgan fingerprint density at radius 2 is 1.95 bits per heavy atom. The fourth-order valence-corrected chi connectivity index (χ4v) is 3.94. The summed E-state index contributed by atoms with van der Waals surface area (Å²) in [6.45, 7) is 2.83. The lowest BCUT2D eigenvalue weighted by Crippen LogP contribution is -2.42. The smallest absolute Gasteiger partial charge is 0.318 e. The van der Waals surface area contributed by atoms with E-state index < -0.39 is 22.5 Å². The summed E-state index contributed by atoms with van der Waals surface area (Å²) in [5, 5.41) is 8.81. The Kier molecular flexibility index (Phi) is 6.16. The van der Waals surface area contributed by atoms with Crippen molar-refractivity contribution < 1.29 is 18.3 Å². The molecule has 0 bridgehead atoms. The van der Waals surface area contributed by atoms with Crippen molar-refractivity contribution in [3.63, 3.8) is 0 Å². The molecule has 0 amide bonds. The summed E-state index contributed by atoms with van der Waals surface area (Å²) in [5.41, 5.74) is 0.884. The summed E-state index contributed by atoms with van der Waals surface area (Å²) in [4.78, 5) is 10.8. The zero-order chi connectivity index (χ0) is 15.3. The van der Waals surface area contributed by atoms with Crippen LogP contribution in [0.5, 0.6) is 0 Å². The third-order valence-corrected chi connectivity index (χ3v) is 5.57. The van der Waals surface area contributed by atoms with E-state index in [4.69, 9.17) is 5.11 Å². The average Bonchev–Trinajstić information content (AvgIpc) is 2.34. The molecule has 0 aliphatic rings. The van der Waals surface area contributed by atoms with Gasteiger partial charge in [-0.05, 0) is 31.9 Å². The molecule has 112 valence electrons. The Labute approximate surface area is 127 Å². The molecule has 1 aromatic rings. The van der Waals surface area contributed by atoms with Gasteiger partial charge in [0.15, 0.2) is 0 Å². The number of aryl methyl sites for hydroxylation is 1. The van der Waals surface area contributed by atoms with Gasteiger partial charge in [-0.15, -0.1) is 0 Å². The van der Waals surface area contributed by atoms with Crippen LogP contribution in [0.3, 0.4) is 0 Å². The van der Waals surface area contributed by atoms with E-state index in [1.807, 2.05) is 24.3 Å². The number of benzene rings is 1. The minimum absolute atomic E-state index is 0.110. The third kappa shape index (κ3) is 4.88. The predicted octanol–water partition coefficient (Wildman–Crippen LogP) is 2.12. The maximum absolute atomic E-state index is 12.2. The van der Waals surface area contributed by atoms with E-state index in [0.29, 0.717) is 6.42 Å². The summed E-state index contributed by atoms with van der Waals surface area (Å²) in [6, 6.07) is 7.00. The second-order valence-electron chi connectivity index (χ2n) is 4.69. The summed E-state index contributed by atoms with van der Waals surface area (Å²) >= 11 is 3.37. The Morgan fingerprint density at radius 1 is 1.35 bits per heavy atom. The van der Waals surface area contributed by atoms with Crippen LogP contribution in [0.15, 0.2) is 28.7 Å². The van der Waals surface area contributed by atoms with E-state index in [1.165, 1.54) is 0 Å². The standard InChI is InChI=1S/C13H18BrNO4S/c1-10(2)15(9-13(16)17)20(18,19)8-7-11-5-3-4-6-12(11)14/h3-6,10H,7-9H2,1-2H3,(H,16,17). The highest BCUT2D eigenvalue weighted by Crippen LogP contribution is 2.18. The SMILES string of the molecule is CC(C)N(CC(=O)O)S(=O)(=O)CCc1ccccc1Br. The molecule has 0 heterocycles. The highest BCUT2D eigenvalue weighted by Gasteiger charge is 2.26. The molecule has 0 saturated carbocycles. The zero-order valence-corrected chi connectivity index (χ0v) is 13.8. The molecule has 1 aromatic carbocycles. The number of rotatable bonds is 7. The van der Waals surface area contributed by atoms with Crippen molar-refractivity contribution in [1.29, 1.82) is 0 Å². The number of hydrogen-bond acceptors (Lipinski definition) is 3. The highest BCUT2D eigenvalue weighted by molar-refractivity contribution is 9.10. The quantitative estimate of drug-likeness (QED) is 0.804. The first-order valence-corrected chi connectivity index (χ1v) is 8.59. The number of carbonyl (C=O) groups is 1. The fraction of sp³-hybridized carbons (Fsp3) is 0.462. The maximum Gasteiger partial charge on any atom is 0.318 e. The molecule has 1 rings (SSSR count). The lowest BCUT2D eigenvalue weighted by atomic mass is 10.2. The number of nitrogens with zero attached hydrogens (tertiary/aromatic N) is 1. The van der Waals surface area contributed by atoms with Gasteiger partial charge in [0, 0.05) is 10.5 Å². The minimum atomic E-state index is -3.60. The number of carboxylic acid groups (broad SMARTS) is 1. The van der Waals surface area contributed by atoms with Gasteiger partial charge in [0.25, 0.3) is 0 Å². The van der Waals surface area contributed by atoms with Gasteiger partial charge < -0.3 is 5.11 Å². The average molecular weight is 364 g/mol. The second kappa shape index (κ2) is 7.19. The summed E-state index contributed by atoms with van der Waals surface area (Å²) in [7, 11) is -3.60. The molecular weight excluding hydrogens is 346 g/mol. The molecule has 0 spiro atoms. The molecule has 1 N–H and O–H groups in total. The van der Waals surface area contributed by atoms with Crippen molar-refractivity contribution in [3.8, 4) is 0 Å². The number of aliphatic carboxylic acids is 1. The van der Waals surface area contributed by atoms with Gasteiger partial charge in [-0.1, -0.05) is 34.1 Å².